The van der Waals surface area contributed by atoms with Gasteiger partial charge in [0.15, 0.2) is 0 Å². The summed E-state index contributed by atoms with van der Waals surface area (Å²) in [6.45, 7) is -0.221. The first kappa shape index (κ1) is 12.4. The number of imidazole rings is 1. The van der Waals surface area contributed by atoms with Gasteiger partial charge in [0, 0.05) is 13.2 Å². The zero-order chi connectivity index (χ0) is 13.2. The molecular weight excluding hydrogens is 232 g/mol. The number of amides is 1. The lowest BCUT2D eigenvalue weighted by Crippen LogP contribution is -2.49. The molecule has 0 spiro atoms. The van der Waals surface area contributed by atoms with Crippen molar-refractivity contribution in [2.75, 3.05) is 19.4 Å². The van der Waals surface area contributed by atoms with Crippen LogP contribution in [0.25, 0.3) is 0 Å². The topological polar surface area (TPSA) is 93.2 Å². The summed E-state index contributed by atoms with van der Waals surface area (Å²) in [6, 6.07) is 0. The number of anilines is 1. The van der Waals surface area contributed by atoms with Crippen LogP contribution in [0.5, 0.6) is 0 Å². The second-order valence-electron chi connectivity index (χ2n) is 4.19. The molecule has 1 aliphatic carbocycles. The van der Waals surface area contributed by atoms with E-state index in [9.17, 15) is 9.90 Å². The minimum Gasteiger partial charge on any atom is -0.394 e. The number of nitrogens with zero attached hydrogens (tertiary/aromatic N) is 2. The quantitative estimate of drug-likeness (QED) is 0.681. The third-order valence-electron chi connectivity index (χ3n) is 3.20. The van der Waals surface area contributed by atoms with Crippen LogP contribution in [0.15, 0.2) is 36.8 Å². The van der Waals surface area contributed by atoms with Gasteiger partial charge in [-0.2, -0.15) is 0 Å². The number of rotatable bonds is 3. The molecule has 96 valence electrons. The molecule has 6 heteroatoms. The molecule has 2 atom stereocenters. The van der Waals surface area contributed by atoms with Crippen molar-refractivity contribution in [2.24, 2.45) is 5.92 Å². The van der Waals surface area contributed by atoms with Gasteiger partial charge < -0.3 is 20.7 Å². The van der Waals surface area contributed by atoms with Crippen LogP contribution in [-0.2, 0) is 10.3 Å². The molecule has 4 N–H and O–H groups in total. The van der Waals surface area contributed by atoms with Crippen molar-refractivity contribution < 1.29 is 9.90 Å². The van der Waals surface area contributed by atoms with Crippen molar-refractivity contribution >= 4 is 11.7 Å². The summed E-state index contributed by atoms with van der Waals surface area (Å²) >= 11 is 0. The third kappa shape index (κ3) is 1.80. The van der Waals surface area contributed by atoms with Crippen LogP contribution in [0.1, 0.15) is 0 Å². The van der Waals surface area contributed by atoms with Crippen LogP contribution in [0, 0.1) is 5.92 Å². The van der Waals surface area contributed by atoms with Crippen LogP contribution in [0.3, 0.4) is 0 Å². The molecule has 1 amide bonds. The maximum atomic E-state index is 11.9. The van der Waals surface area contributed by atoms with Gasteiger partial charge in [-0.3, -0.25) is 4.79 Å². The molecule has 1 heterocycles. The van der Waals surface area contributed by atoms with E-state index in [1.807, 2.05) is 0 Å². The van der Waals surface area contributed by atoms with Gasteiger partial charge in [0.05, 0.1) is 18.9 Å². The van der Waals surface area contributed by atoms with Gasteiger partial charge >= 0.3 is 0 Å². The van der Waals surface area contributed by atoms with Gasteiger partial charge in [0.25, 0.3) is 0 Å². The van der Waals surface area contributed by atoms with E-state index >= 15 is 0 Å². The van der Waals surface area contributed by atoms with E-state index < -0.39 is 11.5 Å². The molecule has 0 fully saturated rings. The lowest BCUT2D eigenvalue weighted by molar-refractivity contribution is -0.126. The predicted molar refractivity (Wildman–Crippen MR) is 67.5 cm³/mol. The summed E-state index contributed by atoms with van der Waals surface area (Å²) < 4.78 is 1.67. The molecule has 0 radical (unpaired) electrons. The van der Waals surface area contributed by atoms with Gasteiger partial charge in [-0.1, -0.05) is 24.3 Å². The highest BCUT2D eigenvalue weighted by Gasteiger charge is 2.41. The van der Waals surface area contributed by atoms with Gasteiger partial charge in [-0.15, -0.1) is 0 Å². The fourth-order valence-electron chi connectivity index (χ4n) is 2.18. The second kappa shape index (κ2) is 4.66. The van der Waals surface area contributed by atoms with E-state index in [0.717, 1.165) is 0 Å². The van der Waals surface area contributed by atoms with Crippen molar-refractivity contribution in [3.05, 3.63) is 36.8 Å². The zero-order valence-corrected chi connectivity index (χ0v) is 10.1. The van der Waals surface area contributed by atoms with E-state index in [1.165, 1.54) is 6.33 Å². The van der Waals surface area contributed by atoms with Crippen LogP contribution in [0.2, 0.25) is 0 Å². The van der Waals surface area contributed by atoms with Crippen LogP contribution in [0.4, 0.5) is 5.82 Å². The minimum atomic E-state index is -0.876. The van der Waals surface area contributed by atoms with Gasteiger partial charge in [0.1, 0.15) is 11.4 Å². The normalized spacial score (nSPS) is 26.2. The number of nitrogens with one attached hydrogen (secondary N) is 1. The summed E-state index contributed by atoms with van der Waals surface area (Å²) in [4.78, 5) is 15.9. The SMILES string of the molecule is CNC(=O)C1C=CC=CC1(CO)n1cnc(N)c1. The highest BCUT2D eigenvalue weighted by Crippen LogP contribution is 2.32. The molecule has 0 aromatic carbocycles. The molecule has 1 aromatic rings. The first-order chi connectivity index (χ1) is 8.64. The number of allylic oxidation sites excluding steroid dienone is 2. The molecule has 18 heavy (non-hydrogen) atoms. The molecule has 1 aromatic heterocycles. The summed E-state index contributed by atoms with van der Waals surface area (Å²) in [5.74, 6) is -0.329. The zero-order valence-electron chi connectivity index (χ0n) is 10.1. The predicted octanol–water partition coefficient (Wildman–Crippen LogP) is -0.359. The summed E-state index contributed by atoms with van der Waals surface area (Å²) in [5.41, 5.74) is 4.72. The number of nitrogen functional groups attached to an aromatic ring is 1. The number of aliphatic hydroxyl groups is 1. The molecule has 6 nitrogen and oxygen atoms in total. The Balaban J connectivity index is 2.49. The smallest absolute Gasteiger partial charge is 0.229 e. The largest absolute Gasteiger partial charge is 0.394 e. The van der Waals surface area contributed by atoms with Crippen molar-refractivity contribution in [3.63, 3.8) is 0 Å². The standard InChI is InChI=1S/C12H16N4O2/c1-14-11(18)9-4-2-3-5-12(9,7-17)16-6-10(13)15-8-16/h2-6,8-9,17H,7,13H2,1H3,(H,14,18). The molecule has 0 bridgehead atoms. The molecule has 0 saturated carbocycles. The Hall–Kier alpha value is -2.08. The Morgan fingerprint density at radius 3 is 3.00 bits per heavy atom. The minimum absolute atomic E-state index is 0.170. The van der Waals surface area contributed by atoms with Crippen molar-refractivity contribution in [3.8, 4) is 0 Å². The number of aromatic nitrogens is 2. The fourth-order valence-corrected chi connectivity index (χ4v) is 2.18. The summed E-state index contributed by atoms with van der Waals surface area (Å²) in [7, 11) is 1.57. The number of carbonyl (C=O) groups excluding carboxylic acids is 1. The van der Waals surface area contributed by atoms with E-state index in [1.54, 1.807) is 42.1 Å². The maximum absolute atomic E-state index is 11.9. The Morgan fingerprint density at radius 1 is 1.67 bits per heavy atom. The van der Waals surface area contributed by atoms with E-state index in [-0.39, 0.29) is 12.5 Å². The Morgan fingerprint density at radius 2 is 2.44 bits per heavy atom. The highest BCUT2D eigenvalue weighted by molar-refractivity contribution is 5.82. The average Bonchev–Trinajstić information content (AvgIpc) is 2.84. The average molecular weight is 248 g/mol. The number of aliphatic hydroxyl groups excluding tert-OH is 1. The molecule has 2 unspecified atom stereocenters. The van der Waals surface area contributed by atoms with E-state index in [4.69, 9.17) is 5.73 Å². The Kier molecular flexibility index (Phi) is 3.20. The number of hydrogen-bond acceptors (Lipinski definition) is 4. The first-order valence-electron chi connectivity index (χ1n) is 5.62. The molecule has 0 aliphatic heterocycles. The molecular formula is C12H16N4O2. The maximum Gasteiger partial charge on any atom is 0.229 e. The number of carbonyl (C=O) groups is 1. The van der Waals surface area contributed by atoms with Crippen molar-refractivity contribution in [2.45, 2.75) is 5.54 Å². The second-order valence-corrected chi connectivity index (χ2v) is 4.19. The third-order valence-corrected chi connectivity index (χ3v) is 3.20. The van der Waals surface area contributed by atoms with Crippen LogP contribution in [-0.4, -0.2) is 34.2 Å². The summed E-state index contributed by atoms with van der Waals surface area (Å²) in [6.07, 6.45) is 10.2. The molecule has 2 rings (SSSR count). The lowest BCUT2D eigenvalue weighted by Gasteiger charge is -2.37. The van der Waals surface area contributed by atoms with Crippen LogP contribution < -0.4 is 11.1 Å². The Labute approximate surface area is 105 Å². The van der Waals surface area contributed by atoms with E-state index in [0.29, 0.717) is 5.82 Å². The fraction of sp³-hybridized carbons (Fsp3) is 0.333. The monoisotopic (exact) mass is 248 g/mol. The highest BCUT2D eigenvalue weighted by atomic mass is 16.3. The van der Waals surface area contributed by atoms with Gasteiger partial charge in [-0.05, 0) is 0 Å². The summed E-state index contributed by atoms with van der Waals surface area (Å²) in [5, 5.41) is 12.4. The van der Waals surface area contributed by atoms with Crippen molar-refractivity contribution in [1.82, 2.24) is 14.9 Å². The van der Waals surface area contributed by atoms with E-state index in [2.05, 4.69) is 10.3 Å². The molecule has 1 aliphatic rings. The van der Waals surface area contributed by atoms with Crippen molar-refractivity contribution in [1.29, 1.82) is 0 Å². The Bertz CT molecular complexity index is 506. The molecule has 0 saturated heterocycles. The first-order valence-corrected chi connectivity index (χ1v) is 5.62. The number of hydrogen-bond donors (Lipinski definition) is 3. The number of nitrogens with two attached hydrogens (primary N) is 1. The van der Waals surface area contributed by atoms with Gasteiger partial charge in [0.2, 0.25) is 5.91 Å². The van der Waals surface area contributed by atoms with Crippen LogP contribution >= 0.6 is 0 Å². The lowest BCUT2D eigenvalue weighted by atomic mass is 9.80. The van der Waals surface area contributed by atoms with Gasteiger partial charge in [-0.25, -0.2) is 4.98 Å².